The van der Waals surface area contributed by atoms with Crippen LogP contribution in [0.1, 0.15) is 34.8 Å². The maximum absolute atomic E-state index is 13.1. The van der Waals surface area contributed by atoms with Crippen LogP contribution in [0.4, 0.5) is 5.69 Å². The summed E-state index contributed by atoms with van der Waals surface area (Å²) >= 11 is 0. The van der Waals surface area contributed by atoms with Gasteiger partial charge in [-0.05, 0) is 12.1 Å². The van der Waals surface area contributed by atoms with E-state index in [1.807, 2.05) is 30.3 Å². The fraction of sp³-hybridized carbons (Fsp3) is 0.190. The molecule has 0 atom stereocenters. The number of hydrogen-bond acceptors (Lipinski definition) is 5. The molecule has 1 heterocycles. The van der Waals surface area contributed by atoms with Gasteiger partial charge in [0.2, 0.25) is 5.91 Å². The zero-order valence-electron chi connectivity index (χ0n) is 15.3. The van der Waals surface area contributed by atoms with E-state index in [2.05, 4.69) is 0 Å². The van der Waals surface area contributed by atoms with Crippen LogP contribution in [0.3, 0.4) is 0 Å². The van der Waals surface area contributed by atoms with Gasteiger partial charge in [0, 0.05) is 17.5 Å². The van der Waals surface area contributed by atoms with E-state index in [0.29, 0.717) is 17.0 Å². The van der Waals surface area contributed by atoms with Gasteiger partial charge in [0.15, 0.2) is 0 Å². The SMILES string of the molecule is CCC(=O)N1C(=O)/C(=C(\OC)c2ccccc2)c2ccc(C(=O)OC)cc21. The highest BCUT2D eigenvalue weighted by Gasteiger charge is 2.39. The number of ether oxygens (including phenoxy) is 2. The predicted octanol–water partition coefficient (Wildman–Crippen LogP) is 3.27. The molecule has 1 aliphatic heterocycles. The highest BCUT2D eigenvalue weighted by molar-refractivity contribution is 6.43. The average Bonchev–Trinajstić information content (AvgIpc) is 2.99. The van der Waals surface area contributed by atoms with Crippen LogP contribution in [0.15, 0.2) is 48.5 Å². The Morgan fingerprint density at radius 1 is 0.963 bits per heavy atom. The van der Waals surface area contributed by atoms with Crippen molar-refractivity contribution in [3.8, 4) is 0 Å². The first-order valence-corrected chi connectivity index (χ1v) is 8.47. The van der Waals surface area contributed by atoms with E-state index in [0.717, 1.165) is 10.5 Å². The minimum atomic E-state index is -0.540. The topological polar surface area (TPSA) is 72.9 Å². The maximum Gasteiger partial charge on any atom is 0.337 e. The molecule has 0 N–H and O–H groups in total. The van der Waals surface area contributed by atoms with Crippen molar-refractivity contribution in [2.75, 3.05) is 19.1 Å². The van der Waals surface area contributed by atoms with Gasteiger partial charge in [-0.3, -0.25) is 9.59 Å². The Morgan fingerprint density at radius 2 is 1.67 bits per heavy atom. The fourth-order valence-corrected chi connectivity index (χ4v) is 3.09. The van der Waals surface area contributed by atoms with Crippen LogP contribution in [0.25, 0.3) is 11.3 Å². The summed E-state index contributed by atoms with van der Waals surface area (Å²) in [6, 6.07) is 13.9. The Morgan fingerprint density at radius 3 is 2.26 bits per heavy atom. The van der Waals surface area contributed by atoms with Gasteiger partial charge in [-0.2, -0.15) is 0 Å². The molecule has 2 amide bonds. The molecule has 0 unspecified atom stereocenters. The molecule has 0 saturated heterocycles. The summed E-state index contributed by atoms with van der Waals surface area (Å²) in [4.78, 5) is 38.6. The number of methoxy groups -OCH3 is 2. The summed E-state index contributed by atoms with van der Waals surface area (Å²) in [7, 11) is 2.76. The molecule has 0 aromatic heterocycles. The Bertz CT molecular complexity index is 946. The van der Waals surface area contributed by atoms with Gasteiger partial charge in [0.1, 0.15) is 5.76 Å². The van der Waals surface area contributed by atoms with Gasteiger partial charge in [0.25, 0.3) is 5.91 Å². The average molecular weight is 365 g/mol. The number of benzene rings is 2. The van der Waals surface area contributed by atoms with Gasteiger partial charge in [-0.15, -0.1) is 0 Å². The summed E-state index contributed by atoms with van der Waals surface area (Å²) < 4.78 is 10.3. The number of amides is 2. The lowest BCUT2D eigenvalue weighted by Gasteiger charge is -2.14. The molecule has 0 radical (unpaired) electrons. The van der Waals surface area contributed by atoms with Crippen LogP contribution in [0, 0.1) is 0 Å². The van der Waals surface area contributed by atoms with Crippen LogP contribution in [0.5, 0.6) is 0 Å². The lowest BCUT2D eigenvalue weighted by Crippen LogP contribution is -2.33. The maximum atomic E-state index is 13.1. The number of carbonyl (C=O) groups is 3. The number of rotatable bonds is 4. The van der Waals surface area contributed by atoms with Crippen LogP contribution in [-0.2, 0) is 19.1 Å². The molecular weight excluding hydrogens is 346 g/mol. The number of hydrogen-bond donors (Lipinski definition) is 0. The Hall–Kier alpha value is -3.41. The molecule has 6 nitrogen and oxygen atoms in total. The number of anilines is 1. The lowest BCUT2D eigenvalue weighted by molar-refractivity contribution is -0.123. The molecule has 0 aliphatic carbocycles. The highest BCUT2D eigenvalue weighted by Crippen LogP contribution is 2.42. The number of imide groups is 1. The van der Waals surface area contributed by atoms with Gasteiger partial charge in [-0.25, -0.2) is 9.69 Å². The zero-order chi connectivity index (χ0) is 19.6. The highest BCUT2D eigenvalue weighted by atomic mass is 16.5. The third kappa shape index (κ3) is 3.10. The molecule has 0 spiro atoms. The molecule has 1 aliphatic rings. The molecule has 138 valence electrons. The third-order valence-corrected chi connectivity index (χ3v) is 4.37. The first kappa shape index (κ1) is 18.4. The number of carbonyl (C=O) groups excluding carboxylic acids is 3. The van der Waals surface area contributed by atoms with Crippen LogP contribution in [-0.4, -0.2) is 32.0 Å². The van der Waals surface area contributed by atoms with E-state index in [9.17, 15) is 14.4 Å². The minimum absolute atomic E-state index is 0.147. The van der Waals surface area contributed by atoms with Crippen molar-refractivity contribution in [1.82, 2.24) is 0 Å². The molecule has 27 heavy (non-hydrogen) atoms. The standard InChI is InChI=1S/C21H19NO5/c1-4-17(23)22-16-12-14(21(25)27-3)10-11-15(16)18(20(22)24)19(26-2)13-8-6-5-7-9-13/h5-12H,4H2,1-3H3/b19-18-. The fourth-order valence-electron chi connectivity index (χ4n) is 3.09. The summed E-state index contributed by atoms with van der Waals surface area (Å²) in [5, 5.41) is 0. The van der Waals surface area contributed by atoms with Gasteiger partial charge in [-0.1, -0.05) is 43.3 Å². The second-order valence-corrected chi connectivity index (χ2v) is 5.89. The predicted molar refractivity (Wildman–Crippen MR) is 101 cm³/mol. The van der Waals surface area contributed by atoms with E-state index < -0.39 is 11.9 Å². The van der Waals surface area contributed by atoms with Crippen molar-refractivity contribution in [2.45, 2.75) is 13.3 Å². The summed E-state index contributed by atoms with van der Waals surface area (Å²) in [5.41, 5.74) is 2.16. The first-order chi connectivity index (χ1) is 13.0. The monoisotopic (exact) mass is 365 g/mol. The number of esters is 1. The molecule has 6 heteroatoms. The van der Waals surface area contributed by atoms with Gasteiger partial charge >= 0.3 is 5.97 Å². The molecule has 0 bridgehead atoms. The zero-order valence-corrected chi connectivity index (χ0v) is 15.3. The normalized spacial score (nSPS) is 14.6. The van der Waals surface area contributed by atoms with Crippen LogP contribution >= 0.6 is 0 Å². The lowest BCUT2D eigenvalue weighted by atomic mass is 10.0. The number of nitrogens with zero attached hydrogens (tertiary/aromatic N) is 1. The Labute approximate surface area is 157 Å². The smallest absolute Gasteiger partial charge is 0.337 e. The number of fused-ring (bicyclic) bond motifs is 1. The summed E-state index contributed by atoms with van der Waals surface area (Å²) in [6.07, 6.45) is 0.147. The summed E-state index contributed by atoms with van der Waals surface area (Å²) in [6.45, 7) is 1.68. The molecular formula is C21H19NO5. The van der Waals surface area contributed by atoms with Crippen molar-refractivity contribution in [1.29, 1.82) is 0 Å². The van der Waals surface area contributed by atoms with E-state index in [-0.39, 0.29) is 23.5 Å². The molecule has 2 aromatic carbocycles. The van der Waals surface area contributed by atoms with E-state index in [1.165, 1.54) is 20.3 Å². The van der Waals surface area contributed by atoms with Crippen molar-refractivity contribution < 1.29 is 23.9 Å². The van der Waals surface area contributed by atoms with Crippen molar-refractivity contribution in [3.05, 3.63) is 65.2 Å². The Kier molecular flexibility index (Phi) is 5.07. The second-order valence-electron chi connectivity index (χ2n) is 5.89. The van der Waals surface area contributed by atoms with Crippen molar-refractivity contribution in [2.24, 2.45) is 0 Å². The second kappa shape index (κ2) is 7.45. The van der Waals surface area contributed by atoms with E-state index in [4.69, 9.17) is 9.47 Å². The van der Waals surface area contributed by atoms with Gasteiger partial charge in [0.05, 0.1) is 31.0 Å². The molecule has 0 saturated carbocycles. The van der Waals surface area contributed by atoms with Crippen molar-refractivity contribution >= 4 is 34.8 Å². The molecule has 0 fully saturated rings. The minimum Gasteiger partial charge on any atom is -0.495 e. The van der Waals surface area contributed by atoms with E-state index >= 15 is 0 Å². The van der Waals surface area contributed by atoms with Crippen LogP contribution in [0.2, 0.25) is 0 Å². The molecule has 2 aromatic rings. The van der Waals surface area contributed by atoms with Crippen LogP contribution < -0.4 is 4.90 Å². The van der Waals surface area contributed by atoms with Gasteiger partial charge < -0.3 is 9.47 Å². The summed E-state index contributed by atoms with van der Waals surface area (Å²) in [5.74, 6) is -0.998. The largest absolute Gasteiger partial charge is 0.495 e. The Balaban J connectivity index is 2.27. The third-order valence-electron chi connectivity index (χ3n) is 4.37. The van der Waals surface area contributed by atoms with E-state index in [1.54, 1.807) is 19.1 Å². The quantitative estimate of drug-likeness (QED) is 0.472. The van der Waals surface area contributed by atoms with Crippen molar-refractivity contribution in [3.63, 3.8) is 0 Å². The first-order valence-electron chi connectivity index (χ1n) is 8.47. The molecule has 3 rings (SSSR count).